The van der Waals surface area contributed by atoms with Gasteiger partial charge in [0.1, 0.15) is 5.75 Å². The molecule has 0 aromatic heterocycles. The number of β-amino-alcohol motifs (C(OH)–C–C–N with tert-alkyl or cyclic N) is 1. The zero-order chi connectivity index (χ0) is 22.9. The quantitative estimate of drug-likeness (QED) is 0.645. The molecule has 1 fully saturated rings. The van der Waals surface area contributed by atoms with Crippen LogP contribution in [0.25, 0.3) is 0 Å². The van der Waals surface area contributed by atoms with E-state index in [-0.39, 0.29) is 22.9 Å². The monoisotopic (exact) mass is 459 g/mol. The Morgan fingerprint density at radius 3 is 2.69 bits per heavy atom. The van der Waals surface area contributed by atoms with Crippen molar-refractivity contribution in [2.45, 2.75) is 36.0 Å². The number of hydrogen-bond acceptors (Lipinski definition) is 6. The van der Waals surface area contributed by atoms with Gasteiger partial charge in [-0.2, -0.15) is 0 Å². The SMILES string of the molecule is CNS(=O)(=O)c1ccc2c(c1)C[C@H](C(=O)N(C)[C@H](CN1CC[C@H](O)C1)c1ccccc1)O2. The van der Waals surface area contributed by atoms with Gasteiger partial charge in [0.2, 0.25) is 10.0 Å². The van der Waals surface area contributed by atoms with Crippen molar-refractivity contribution in [3.05, 3.63) is 59.7 Å². The van der Waals surface area contributed by atoms with Crippen LogP contribution in [-0.2, 0) is 21.2 Å². The third-order valence-corrected chi connectivity index (χ3v) is 7.65. The number of aliphatic hydroxyl groups excluding tert-OH is 1. The lowest BCUT2D eigenvalue weighted by Gasteiger charge is -2.33. The van der Waals surface area contributed by atoms with Gasteiger partial charge in [-0.05, 0) is 42.8 Å². The molecular weight excluding hydrogens is 430 g/mol. The molecule has 0 spiro atoms. The number of benzene rings is 2. The number of hydrogen-bond donors (Lipinski definition) is 2. The summed E-state index contributed by atoms with van der Waals surface area (Å²) < 4.78 is 32.4. The van der Waals surface area contributed by atoms with E-state index < -0.39 is 16.1 Å². The maximum absolute atomic E-state index is 13.4. The summed E-state index contributed by atoms with van der Waals surface area (Å²) in [6.07, 6.45) is 0.00855. The molecular formula is C23H29N3O5S. The molecule has 0 aliphatic carbocycles. The number of nitrogens with zero attached hydrogens (tertiary/aromatic N) is 2. The second kappa shape index (κ2) is 9.19. The van der Waals surface area contributed by atoms with E-state index in [1.807, 2.05) is 30.3 Å². The smallest absolute Gasteiger partial charge is 0.264 e. The topological polar surface area (TPSA) is 99.2 Å². The van der Waals surface area contributed by atoms with Crippen LogP contribution in [0.2, 0.25) is 0 Å². The molecule has 1 saturated heterocycles. The van der Waals surface area contributed by atoms with Crippen molar-refractivity contribution in [1.82, 2.24) is 14.5 Å². The van der Waals surface area contributed by atoms with Gasteiger partial charge in [-0.25, -0.2) is 13.1 Å². The summed E-state index contributed by atoms with van der Waals surface area (Å²) in [6, 6.07) is 14.3. The fourth-order valence-corrected chi connectivity index (χ4v) is 5.16. The van der Waals surface area contributed by atoms with Gasteiger partial charge in [0, 0.05) is 33.1 Å². The van der Waals surface area contributed by atoms with Crippen molar-refractivity contribution in [1.29, 1.82) is 0 Å². The minimum atomic E-state index is -3.57. The molecule has 172 valence electrons. The zero-order valence-electron chi connectivity index (χ0n) is 18.3. The second-order valence-electron chi connectivity index (χ2n) is 8.37. The van der Waals surface area contributed by atoms with Gasteiger partial charge >= 0.3 is 0 Å². The van der Waals surface area contributed by atoms with E-state index in [0.29, 0.717) is 30.8 Å². The first kappa shape index (κ1) is 22.7. The first-order valence-electron chi connectivity index (χ1n) is 10.7. The number of aliphatic hydroxyl groups is 1. The van der Waals surface area contributed by atoms with E-state index in [4.69, 9.17) is 4.74 Å². The molecule has 2 heterocycles. The summed E-state index contributed by atoms with van der Waals surface area (Å²) in [5, 5.41) is 9.91. The van der Waals surface area contributed by atoms with Gasteiger partial charge in [-0.3, -0.25) is 9.69 Å². The molecule has 8 nitrogen and oxygen atoms in total. The Kier molecular flexibility index (Phi) is 6.52. The van der Waals surface area contributed by atoms with Gasteiger partial charge < -0.3 is 14.7 Å². The number of fused-ring (bicyclic) bond motifs is 1. The highest BCUT2D eigenvalue weighted by Crippen LogP contribution is 2.33. The van der Waals surface area contributed by atoms with Crippen LogP contribution >= 0.6 is 0 Å². The molecule has 2 aliphatic rings. The summed E-state index contributed by atoms with van der Waals surface area (Å²) in [4.78, 5) is 17.4. The van der Waals surface area contributed by atoms with Crippen LogP contribution in [0.3, 0.4) is 0 Å². The van der Waals surface area contributed by atoms with Crippen molar-refractivity contribution in [2.24, 2.45) is 0 Å². The highest BCUT2D eigenvalue weighted by molar-refractivity contribution is 7.89. The number of likely N-dealkylation sites (tertiary alicyclic amines) is 1. The van der Waals surface area contributed by atoms with Gasteiger partial charge in [0.25, 0.3) is 5.91 Å². The molecule has 4 rings (SSSR count). The summed E-state index contributed by atoms with van der Waals surface area (Å²) in [7, 11) is -0.430. The number of sulfonamides is 1. The van der Waals surface area contributed by atoms with E-state index in [0.717, 1.165) is 18.5 Å². The summed E-state index contributed by atoms with van der Waals surface area (Å²) in [6.45, 7) is 2.01. The fourth-order valence-electron chi connectivity index (χ4n) is 4.38. The van der Waals surface area contributed by atoms with Crippen LogP contribution in [-0.4, -0.2) is 75.2 Å². The van der Waals surface area contributed by atoms with E-state index in [1.165, 1.54) is 13.1 Å². The normalized spacial score (nSPS) is 21.7. The van der Waals surface area contributed by atoms with Crippen LogP contribution < -0.4 is 9.46 Å². The standard InChI is InChI=1S/C23H29N3O5S/c1-24-32(29,30)19-8-9-21-17(12-19)13-22(31-21)23(28)25(2)20(16-6-4-3-5-7-16)15-26-11-10-18(27)14-26/h3-9,12,18,20,22,24,27H,10-11,13-15H2,1-2H3/t18-,20+,22+/m0/s1. The largest absolute Gasteiger partial charge is 0.480 e. The summed E-state index contributed by atoms with van der Waals surface area (Å²) in [5.74, 6) is 0.374. The van der Waals surface area contributed by atoms with Crippen molar-refractivity contribution in [3.8, 4) is 5.75 Å². The maximum atomic E-state index is 13.4. The highest BCUT2D eigenvalue weighted by Gasteiger charge is 2.36. The van der Waals surface area contributed by atoms with Crippen LogP contribution in [0.5, 0.6) is 5.75 Å². The number of nitrogens with one attached hydrogen (secondary N) is 1. The highest BCUT2D eigenvalue weighted by atomic mass is 32.2. The molecule has 2 aromatic rings. The van der Waals surface area contributed by atoms with Crippen LogP contribution in [0.15, 0.2) is 53.4 Å². The van der Waals surface area contributed by atoms with Crippen LogP contribution in [0, 0.1) is 0 Å². The predicted octanol–water partition coefficient (Wildman–Crippen LogP) is 1.16. The van der Waals surface area contributed by atoms with Crippen LogP contribution in [0.1, 0.15) is 23.6 Å². The van der Waals surface area contributed by atoms with E-state index in [2.05, 4.69) is 9.62 Å². The Morgan fingerprint density at radius 1 is 1.28 bits per heavy atom. The Morgan fingerprint density at radius 2 is 2.03 bits per heavy atom. The Balaban J connectivity index is 1.52. The van der Waals surface area contributed by atoms with E-state index in [1.54, 1.807) is 24.1 Å². The molecule has 0 unspecified atom stereocenters. The zero-order valence-corrected chi connectivity index (χ0v) is 19.1. The molecule has 0 bridgehead atoms. The maximum Gasteiger partial charge on any atom is 0.264 e. The molecule has 2 aliphatic heterocycles. The number of carbonyl (C=O) groups is 1. The second-order valence-corrected chi connectivity index (χ2v) is 10.3. The molecule has 0 saturated carbocycles. The Bertz CT molecular complexity index is 1080. The lowest BCUT2D eigenvalue weighted by Crippen LogP contribution is -2.44. The number of amides is 1. The lowest BCUT2D eigenvalue weighted by molar-refractivity contribution is -0.139. The molecule has 2 N–H and O–H groups in total. The number of rotatable bonds is 7. The molecule has 32 heavy (non-hydrogen) atoms. The number of carbonyl (C=O) groups excluding carboxylic acids is 1. The van der Waals surface area contributed by atoms with Gasteiger partial charge in [-0.1, -0.05) is 30.3 Å². The van der Waals surface area contributed by atoms with E-state index in [9.17, 15) is 18.3 Å². The molecule has 9 heteroatoms. The minimum Gasteiger partial charge on any atom is -0.480 e. The van der Waals surface area contributed by atoms with Crippen molar-refractivity contribution in [3.63, 3.8) is 0 Å². The summed E-state index contributed by atoms with van der Waals surface area (Å²) >= 11 is 0. The van der Waals surface area contributed by atoms with Gasteiger partial charge in [-0.15, -0.1) is 0 Å². The third kappa shape index (κ3) is 4.66. The van der Waals surface area contributed by atoms with E-state index >= 15 is 0 Å². The number of ether oxygens (including phenoxy) is 1. The minimum absolute atomic E-state index is 0.151. The average molecular weight is 460 g/mol. The molecule has 0 radical (unpaired) electrons. The molecule has 3 atom stereocenters. The Hall–Kier alpha value is -2.46. The number of likely N-dealkylation sites (N-methyl/N-ethyl adjacent to an activating group) is 1. The van der Waals surface area contributed by atoms with Gasteiger partial charge in [0.15, 0.2) is 6.10 Å². The van der Waals surface area contributed by atoms with Crippen molar-refractivity contribution in [2.75, 3.05) is 33.7 Å². The first-order chi connectivity index (χ1) is 15.3. The summed E-state index contributed by atoms with van der Waals surface area (Å²) in [5.41, 5.74) is 1.72. The molecule has 2 aromatic carbocycles. The lowest BCUT2D eigenvalue weighted by atomic mass is 10.0. The molecule has 1 amide bonds. The van der Waals surface area contributed by atoms with Crippen molar-refractivity contribution < 1.29 is 23.1 Å². The Labute approximate surface area is 188 Å². The van der Waals surface area contributed by atoms with Gasteiger partial charge in [0.05, 0.1) is 17.0 Å². The van der Waals surface area contributed by atoms with Crippen LogP contribution in [0.4, 0.5) is 0 Å². The average Bonchev–Trinajstić information content (AvgIpc) is 3.42. The first-order valence-corrected chi connectivity index (χ1v) is 12.2. The van der Waals surface area contributed by atoms with Crippen molar-refractivity contribution >= 4 is 15.9 Å². The third-order valence-electron chi connectivity index (χ3n) is 6.24. The fraction of sp³-hybridized carbons (Fsp3) is 0.435. The predicted molar refractivity (Wildman–Crippen MR) is 120 cm³/mol.